The van der Waals surface area contributed by atoms with Crippen molar-refractivity contribution >= 4 is 5.91 Å². The van der Waals surface area contributed by atoms with Crippen LogP contribution >= 0.6 is 0 Å². The fraction of sp³-hybridized carbons (Fsp3) is 0.933. The van der Waals surface area contributed by atoms with Gasteiger partial charge in [0.05, 0.1) is 0 Å². The highest BCUT2D eigenvalue weighted by molar-refractivity contribution is 5.77. The van der Waals surface area contributed by atoms with Gasteiger partial charge in [-0.15, -0.1) is 0 Å². The van der Waals surface area contributed by atoms with Crippen molar-refractivity contribution in [3.63, 3.8) is 0 Å². The molecule has 0 bridgehead atoms. The van der Waals surface area contributed by atoms with Gasteiger partial charge in [0.25, 0.3) is 0 Å². The fourth-order valence-electron chi connectivity index (χ4n) is 4.04. The first-order valence-electron chi connectivity index (χ1n) is 7.45. The molecule has 2 aliphatic rings. The third kappa shape index (κ3) is 2.65. The summed E-state index contributed by atoms with van der Waals surface area (Å²) < 4.78 is 0. The maximum Gasteiger partial charge on any atom is 0.223 e. The van der Waals surface area contributed by atoms with E-state index in [9.17, 15) is 10.0 Å². The van der Waals surface area contributed by atoms with Crippen LogP contribution in [0.15, 0.2) is 0 Å². The SMILES string of the molecule is CC1CCCC(=O)N1C1CC(C)(C)N(O)C(C)(C)C1. The molecule has 0 radical (unpaired) electrons. The highest BCUT2D eigenvalue weighted by Gasteiger charge is 2.48. The van der Waals surface area contributed by atoms with Crippen molar-refractivity contribution in [2.24, 2.45) is 0 Å². The Balaban J connectivity index is 2.23. The van der Waals surface area contributed by atoms with Gasteiger partial charge < -0.3 is 10.1 Å². The molecule has 0 spiro atoms. The number of rotatable bonds is 1. The Morgan fingerprint density at radius 2 is 1.68 bits per heavy atom. The molecule has 0 aliphatic carbocycles. The van der Waals surface area contributed by atoms with Crippen LogP contribution in [0.1, 0.15) is 66.7 Å². The molecule has 19 heavy (non-hydrogen) atoms. The van der Waals surface area contributed by atoms with Crippen LogP contribution < -0.4 is 0 Å². The van der Waals surface area contributed by atoms with Crippen molar-refractivity contribution in [3.8, 4) is 0 Å². The van der Waals surface area contributed by atoms with E-state index < -0.39 is 0 Å². The van der Waals surface area contributed by atoms with Gasteiger partial charge in [-0.1, -0.05) is 0 Å². The van der Waals surface area contributed by atoms with E-state index in [0.29, 0.717) is 18.4 Å². The van der Waals surface area contributed by atoms with Gasteiger partial charge in [0.2, 0.25) is 5.91 Å². The Morgan fingerprint density at radius 1 is 1.16 bits per heavy atom. The van der Waals surface area contributed by atoms with Gasteiger partial charge in [-0.05, 0) is 60.3 Å². The van der Waals surface area contributed by atoms with Gasteiger partial charge in [-0.25, -0.2) is 0 Å². The second-order valence-electron chi connectivity index (χ2n) is 7.54. The zero-order valence-electron chi connectivity index (χ0n) is 12.9. The van der Waals surface area contributed by atoms with Gasteiger partial charge in [0.1, 0.15) is 0 Å². The molecule has 1 amide bonds. The number of hydrogen-bond acceptors (Lipinski definition) is 3. The lowest BCUT2D eigenvalue weighted by Crippen LogP contribution is -2.64. The average molecular weight is 268 g/mol. The van der Waals surface area contributed by atoms with Gasteiger partial charge in [-0.2, -0.15) is 5.06 Å². The van der Waals surface area contributed by atoms with Gasteiger partial charge in [-0.3, -0.25) is 4.79 Å². The van der Waals surface area contributed by atoms with E-state index in [1.807, 2.05) is 0 Å². The van der Waals surface area contributed by atoms with Crippen LogP contribution in [-0.4, -0.2) is 44.2 Å². The monoisotopic (exact) mass is 268 g/mol. The second-order valence-corrected chi connectivity index (χ2v) is 7.54. The number of nitrogens with zero attached hydrogens (tertiary/aromatic N) is 2. The lowest BCUT2D eigenvalue weighted by molar-refractivity contribution is -0.253. The van der Waals surface area contributed by atoms with Crippen molar-refractivity contribution in [2.75, 3.05) is 0 Å². The van der Waals surface area contributed by atoms with E-state index in [0.717, 1.165) is 25.7 Å². The molecule has 2 fully saturated rings. The van der Waals surface area contributed by atoms with Crippen molar-refractivity contribution in [1.82, 2.24) is 9.96 Å². The van der Waals surface area contributed by atoms with Crippen LogP contribution in [0.4, 0.5) is 0 Å². The number of likely N-dealkylation sites (tertiary alicyclic amines) is 1. The Hall–Kier alpha value is -0.610. The standard InChI is InChI=1S/C15H28N2O2/c1-11-7-6-8-13(18)16(11)12-9-14(2,3)17(19)15(4,5)10-12/h11-12,19H,6-10H2,1-5H3. The molecule has 0 saturated carbocycles. The van der Waals surface area contributed by atoms with Gasteiger partial charge in [0, 0.05) is 29.6 Å². The van der Waals surface area contributed by atoms with Gasteiger partial charge in [0.15, 0.2) is 0 Å². The van der Waals surface area contributed by atoms with Crippen molar-refractivity contribution < 1.29 is 10.0 Å². The number of hydrogen-bond donors (Lipinski definition) is 1. The molecule has 1 unspecified atom stereocenters. The summed E-state index contributed by atoms with van der Waals surface area (Å²) in [5.41, 5.74) is -0.576. The molecule has 0 aromatic heterocycles. The second kappa shape index (κ2) is 4.74. The number of piperidine rings is 2. The van der Waals surface area contributed by atoms with Crippen LogP contribution in [0.3, 0.4) is 0 Å². The Kier molecular flexibility index (Phi) is 3.69. The molecule has 4 heteroatoms. The molecule has 2 saturated heterocycles. The van der Waals surface area contributed by atoms with Crippen LogP contribution in [-0.2, 0) is 4.79 Å². The highest BCUT2D eigenvalue weighted by atomic mass is 16.5. The molecule has 2 rings (SSSR count). The Morgan fingerprint density at radius 3 is 2.16 bits per heavy atom. The summed E-state index contributed by atoms with van der Waals surface area (Å²) in [4.78, 5) is 14.4. The Bertz CT molecular complexity index is 347. The normalized spacial score (nSPS) is 32.6. The third-order valence-corrected chi connectivity index (χ3v) is 4.79. The molecule has 1 N–H and O–H groups in total. The minimum Gasteiger partial charge on any atom is -0.337 e. The zero-order valence-corrected chi connectivity index (χ0v) is 12.9. The van der Waals surface area contributed by atoms with Crippen LogP contribution in [0.5, 0.6) is 0 Å². The first kappa shape index (κ1) is 14.8. The number of hydroxylamine groups is 2. The quantitative estimate of drug-likeness (QED) is 0.795. The third-order valence-electron chi connectivity index (χ3n) is 4.79. The van der Waals surface area contributed by atoms with Crippen molar-refractivity contribution in [3.05, 3.63) is 0 Å². The minimum atomic E-state index is -0.288. The molecule has 0 aromatic rings. The summed E-state index contributed by atoms with van der Waals surface area (Å²) in [7, 11) is 0. The molecule has 4 nitrogen and oxygen atoms in total. The average Bonchev–Trinajstić information content (AvgIpc) is 2.25. The molecule has 110 valence electrons. The van der Waals surface area contributed by atoms with E-state index in [1.165, 1.54) is 5.06 Å². The predicted molar refractivity (Wildman–Crippen MR) is 75.0 cm³/mol. The lowest BCUT2D eigenvalue weighted by atomic mass is 9.77. The van der Waals surface area contributed by atoms with Crippen molar-refractivity contribution in [2.45, 2.75) is 89.9 Å². The van der Waals surface area contributed by atoms with Crippen LogP contribution in [0.2, 0.25) is 0 Å². The Labute approximate surface area is 116 Å². The maximum atomic E-state index is 12.3. The zero-order chi connectivity index (χ0) is 14.4. The van der Waals surface area contributed by atoms with E-state index >= 15 is 0 Å². The summed E-state index contributed by atoms with van der Waals surface area (Å²) in [6.07, 6.45) is 4.48. The summed E-state index contributed by atoms with van der Waals surface area (Å²) in [6.45, 7) is 10.4. The van der Waals surface area contributed by atoms with Crippen LogP contribution in [0, 0.1) is 0 Å². The largest absolute Gasteiger partial charge is 0.337 e. The fourth-order valence-corrected chi connectivity index (χ4v) is 4.04. The van der Waals surface area contributed by atoms with Crippen LogP contribution in [0.25, 0.3) is 0 Å². The molecule has 1 atom stereocenters. The lowest BCUT2D eigenvalue weighted by Gasteiger charge is -2.55. The minimum absolute atomic E-state index is 0.246. The summed E-state index contributed by atoms with van der Waals surface area (Å²) in [5.74, 6) is 0.293. The molecule has 0 aromatic carbocycles. The number of carbonyl (C=O) groups excluding carboxylic acids is 1. The first-order chi connectivity index (χ1) is 8.65. The van der Waals surface area contributed by atoms with E-state index in [4.69, 9.17) is 0 Å². The van der Waals surface area contributed by atoms with Crippen molar-refractivity contribution in [1.29, 1.82) is 0 Å². The molecule has 2 aliphatic heterocycles. The smallest absolute Gasteiger partial charge is 0.223 e. The highest BCUT2D eigenvalue weighted by Crippen LogP contribution is 2.40. The summed E-state index contributed by atoms with van der Waals surface area (Å²) >= 11 is 0. The first-order valence-corrected chi connectivity index (χ1v) is 7.45. The molecule has 2 heterocycles. The van der Waals surface area contributed by atoms with E-state index in [1.54, 1.807) is 0 Å². The topological polar surface area (TPSA) is 43.8 Å². The summed E-state index contributed by atoms with van der Waals surface area (Å²) in [6, 6.07) is 0.583. The number of carbonyl (C=O) groups is 1. The van der Waals surface area contributed by atoms with Gasteiger partial charge >= 0.3 is 0 Å². The molecular formula is C15H28N2O2. The van der Waals surface area contributed by atoms with E-state index in [2.05, 4.69) is 39.5 Å². The molecular weight excluding hydrogens is 240 g/mol. The van der Waals surface area contributed by atoms with E-state index in [-0.39, 0.29) is 17.1 Å². The maximum absolute atomic E-state index is 12.3. The predicted octanol–water partition coefficient (Wildman–Crippen LogP) is 2.80. The summed E-state index contributed by atoms with van der Waals surface area (Å²) in [5, 5.41) is 11.8. The number of amides is 1.